The predicted octanol–water partition coefficient (Wildman–Crippen LogP) is 7.45. The standard InChI is InChI=1S/C34H32F4N2O5/c1-3-31-28(40-32(45-31)24-10-14-26(35)15-11-24)5-4-18-44-27-16-6-22(7-17-27)20-29(33(42)43)39-21(2)19-30(41)23-8-12-25(13-9-23)34(36,37)38/h6-17,19,29,39H,3-5,18,20H2,1-2H3,(H,42,43)/b21-19-/t29-/m0/s1. The molecule has 0 fully saturated rings. The first kappa shape index (κ1) is 33.0. The minimum absolute atomic E-state index is 0.0493. The summed E-state index contributed by atoms with van der Waals surface area (Å²) in [5.74, 6) is -0.186. The second kappa shape index (κ2) is 14.7. The summed E-state index contributed by atoms with van der Waals surface area (Å²) in [5, 5.41) is 12.5. The molecule has 0 radical (unpaired) electrons. The lowest BCUT2D eigenvalue weighted by molar-refractivity contribution is -0.139. The molecule has 0 unspecified atom stereocenters. The van der Waals surface area contributed by atoms with Crippen molar-refractivity contribution in [3.63, 3.8) is 0 Å². The van der Waals surface area contributed by atoms with Crippen LogP contribution in [-0.2, 0) is 30.2 Å². The fourth-order valence-corrected chi connectivity index (χ4v) is 4.58. The molecule has 1 aromatic heterocycles. The first-order chi connectivity index (χ1) is 21.4. The number of carboxylic acid groups (broad SMARTS) is 1. The summed E-state index contributed by atoms with van der Waals surface area (Å²) in [4.78, 5) is 29.0. The Morgan fingerprint density at radius 2 is 1.69 bits per heavy atom. The van der Waals surface area contributed by atoms with Crippen LogP contribution in [0.15, 0.2) is 89.0 Å². The van der Waals surface area contributed by atoms with Crippen LogP contribution in [0.1, 0.15) is 53.2 Å². The van der Waals surface area contributed by atoms with E-state index in [9.17, 15) is 32.3 Å². The van der Waals surface area contributed by atoms with Gasteiger partial charge in [-0.15, -0.1) is 0 Å². The van der Waals surface area contributed by atoms with Gasteiger partial charge in [0.05, 0.1) is 17.9 Å². The van der Waals surface area contributed by atoms with E-state index in [1.54, 1.807) is 36.4 Å². The Morgan fingerprint density at radius 1 is 1.02 bits per heavy atom. The third-order valence-corrected chi connectivity index (χ3v) is 6.92. The maximum Gasteiger partial charge on any atom is 0.416 e. The predicted molar refractivity (Wildman–Crippen MR) is 159 cm³/mol. The smallest absolute Gasteiger partial charge is 0.416 e. The largest absolute Gasteiger partial charge is 0.494 e. The number of nitrogens with zero attached hydrogens (tertiary/aromatic N) is 1. The van der Waals surface area contributed by atoms with Crippen molar-refractivity contribution in [1.29, 1.82) is 0 Å². The fourth-order valence-electron chi connectivity index (χ4n) is 4.58. The molecular weight excluding hydrogens is 592 g/mol. The number of aliphatic carboxylic acids is 1. The number of carbonyl (C=O) groups excluding carboxylic acids is 1. The van der Waals surface area contributed by atoms with Gasteiger partial charge in [0.1, 0.15) is 23.4 Å². The molecule has 4 rings (SSSR count). The summed E-state index contributed by atoms with van der Waals surface area (Å²) in [5.41, 5.74) is 1.69. The van der Waals surface area contributed by atoms with Crippen LogP contribution < -0.4 is 10.1 Å². The Kier molecular flexibility index (Phi) is 10.8. The molecule has 0 spiro atoms. The number of ketones is 1. The number of halogens is 4. The van der Waals surface area contributed by atoms with Crippen LogP contribution in [-0.4, -0.2) is 34.5 Å². The Bertz CT molecular complexity index is 1630. The van der Waals surface area contributed by atoms with Crippen molar-refractivity contribution in [1.82, 2.24) is 10.3 Å². The SMILES string of the molecule is CCc1oc(-c2ccc(F)cc2)nc1CCCOc1ccc(C[C@H](N/C(C)=C\C(=O)c2ccc(C(F)(F)F)cc2)C(=O)O)cc1. The number of ether oxygens (including phenoxy) is 1. The highest BCUT2D eigenvalue weighted by Crippen LogP contribution is 2.29. The molecule has 11 heteroatoms. The number of aromatic nitrogens is 1. The van der Waals surface area contributed by atoms with Crippen LogP contribution in [0.25, 0.3) is 11.5 Å². The minimum Gasteiger partial charge on any atom is -0.494 e. The van der Waals surface area contributed by atoms with Crippen molar-refractivity contribution >= 4 is 11.8 Å². The number of hydrogen-bond donors (Lipinski definition) is 2. The van der Waals surface area contributed by atoms with Crippen LogP contribution >= 0.6 is 0 Å². The number of hydrogen-bond acceptors (Lipinski definition) is 6. The molecule has 2 N–H and O–H groups in total. The van der Waals surface area contributed by atoms with Crippen molar-refractivity contribution in [2.45, 2.75) is 51.7 Å². The zero-order valence-electron chi connectivity index (χ0n) is 24.7. The van der Waals surface area contributed by atoms with Gasteiger partial charge in [0.2, 0.25) is 5.89 Å². The highest BCUT2D eigenvalue weighted by molar-refractivity contribution is 6.04. The molecule has 4 aromatic rings. The number of carboxylic acids is 1. The van der Waals surface area contributed by atoms with E-state index in [-0.39, 0.29) is 23.5 Å². The normalized spacial score (nSPS) is 12.5. The van der Waals surface area contributed by atoms with Crippen LogP contribution in [0.4, 0.5) is 17.6 Å². The van der Waals surface area contributed by atoms with Gasteiger partial charge in [0.25, 0.3) is 0 Å². The second-order valence-corrected chi connectivity index (χ2v) is 10.4. The Morgan fingerprint density at radius 3 is 2.29 bits per heavy atom. The lowest BCUT2D eigenvalue weighted by Crippen LogP contribution is -2.37. The second-order valence-electron chi connectivity index (χ2n) is 10.4. The number of carbonyl (C=O) groups is 2. The van der Waals surface area contributed by atoms with Gasteiger partial charge in [-0.25, -0.2) is 14.2 Å². The summed E-state index contributed by atoms with van der Waals surface area (Å²) in [6.07, 6.45) is -1.27. The van der Waals surface area contributed by atoms with E-state index in [0.717, 1.165) is 41.8 Å². The Balaban J connectivity index is 1.27. The van der Waals surface area contributed by atoms with Gasteiger partial charge in [0, 0.05) is 35.7 Å². The first-order valence-corrected chi connectivity index (χ1v) is 14.3. The maximum atomic E-state index is 13.2. The summed E-state index contributed by atoms with van der Waals surface area (Å²) >= 11 is 0. The molecule has 0 saturated heterocycles. The van der Waals surface area contributed by atoms with E-state index in [2.05, 4.69) is 10.3 Å². The van der Waals surface area contributed by atoms with Crippen LogP contribution in [0.3, 0.4) is 0 Å². The quantitative estimate of drug-likeness (QED) is 0.0651. The summed E-state index contributed by atoms with van der Waals surface area (Å²) in [6, 6.07) is 15.7. The topological polar surface area (TPSA) is 102 Å². The number of alkyl halides is 3. The van der Waals surface area contributed by atoms with E-state index in [1.165, 1.54) is 19.1 Å². The zero-order chi connectivity index (χ0) is 32.6. The lowest BCUT2D eigenvalue weighted by atomic mass is 10.0. The summed E-state index contributed by atoms with van der Waals surface area (Å²) < 4.78 is 63.3. The van der Waals surface area contributed by atoms with Gasteiger partial charge in [-0.2, -0.15) is 13.2 Å². The molecule has 0 aliphatic carbocycles. The van der Waals surface area contributed by atoms with Gasteiger partial charge >= 0.3 is 12.1 Å². The molecule has 236 valence electrons. The number of allylic oxidation sites excluding steroid dienone is 2. The minimum atomic E-state index is -4.51. The Labute approximate surface area is 257 Å². The molecule has 0 bridgehead atoms. The molecule has 3 aromatic carbocycles. The monoisotopic (exact) mass is 624 g/mol. The Hall–Kier alpha value is -4.93. The molecule has 45 heavy (non-hydrogen) atoms. The summed E-state index contributed by atoms with van der Waals surface area (Å²) in [7, 11) is 0. The third-order valence-electron chi connectivity index (χ3n) is 6.92. The van der Waals surface area contributed by atoms with Gasteiger partial charge in [0.15, 0.2) is 5.78 Å². The van der Waals surface area contributed by atoms with Crippen LogP contribution in [0.5, 0.6) is 5.75 Å². The number of aryl methyl sites for hydroxylation is 2. The molecule has 1 heterocycles. The molecule has 0 saturated carbocycles. The van der Waals surface area contributed by atoms with E-state index < -0.39 is 29.5 Å². The van der Waals surface area contributed by atoms with Crippen LogP contribution in [0, 0.1) is 5.82 Å². The average Bonchev–Trinajstić information content (AvgIpc) is 3.42. The van der Waals surface area contributed by atoms with E-state index in [1.807, 2.05) is 6.92 Å². The van der Waals surface area contributed by atoms with Crippen molar-refractivity contribution in [2.24, 2.45) is 0 Å². The average molecular weight is 625 g/mol. The molecule has 1 atom stereocenters. The number of benzene rings is 3. The molecule has 0 amide bonds. The van der Waals surface area contributed by atoms with Gasteiger partial charge in [-0.05, 0) is 73.9 Å². The van der Waals surface area contributed by atoms with Crippen LogP contribution in [0.2, 0.25) is 0 Å². The molecular formula is C34H32F4N2O5. The number of oxazole rings is 1. The van der Waals surface area contributed by atoms with Crippen molar-refractivity contribution in [3.05, 3.63) is 119 Å². The van der Waals surface area contributed by atoms with Crippen molar-refractivity contribution < 1.29 is 41.4 Å². The van der Waals surface area contributed by atoms with Gasteiger partial charge < -0.3 is 19.6 Å². The number of rotatable bonds is 14. The van der Waals surface area contributed by atoms with Gasteiger partial charge in [-0.1, -0.05) is 31.2 Å². The molecule has 7 nitrogen and oxygen atoms in total. The van der Waals surface area contributed by atoms with Crippen molar-refractivity contribution in [2.75, 3.05) is 6.61 Å². The van der Waals surface area contributed by atoms with Gasteiger partial charge in [-0.3, -0.25) is 4.79 Å². The zero-order valence-corrected chi connectivity index (χ0v) is 24.7. The van der Waals surface area contributed by atoms with E-state index >= 15 is 0 Å². The third kappa shape index (κ3) is 9.28. The highest BCUT2D eigenvalue weighted by Gasteiger charge is 2.30. The first-order valence-electron chi connectivity index (χ1n) is 14.3. The molecule has 0 aliphatic heterocycles. The highest BCUT2D eigenvalue weighted by atomic mass is 19.4. The number of nitrogens with one attached hydrogen (secondary N) is 1. The summed E-state index contributed by atoms with van der Waals surface area (Å²) in [6.45, 7) is 3.90. The lowest BCUT2D eigenvalue weighted by Gasteiger charge is -2.16. The van der Waals surface area contributed by atoms with E-state index in [0.29, 0.717) is 48.6 Å². The van der Waals surface area contributed by atoms with E-state index in [4.69, 9.17) is 9.15 Å². The maximum absolute atomic E-state index is 13.2. The fraction of sp³-hybridized carbons (Fsp3) is 0.265. The molecule has 0 aliphatic rings. The van der Waals surface area contributed by atoms with Crippen molar-refractivity contribution in [3.8, 4) is 17.2 Å².